The van der Waals surface area contributed by atoms with Gasteiger partial charge in [-0.3, -0.25) is 0 Å². The number of hydrogen-bond acceptors (Lipinski definition) is 3. The number of aryl methyl sites for hydroxylation is 1. The molecule has 0 unspecified atom stereocenters. The van der Waals surface area contributed by atoms with Crippen LogP contribution in [0, 0.1) is 113 Å². The lowest BCUT2D eigenvalue weighted by Crippen LogP contribution is -2.25. The van der Waals surface area contributed by atoms with Gasteiger partial charge in [0.05, 0.1) is 19.8 Å². The minimum absolute atomic E-state index is 0.00448. The molecule has 0 radical (unpaired) electrons. The zero-order chi connectivity index (χ0) is 80.4. The van der Waals surface area contributed by atoms with Gasteiger partial charge >= 0.3 is 0 Å². The summed E-state index contributed by atoms with van der Waals surface area (Å²) in [6, 6.07) is 27.1. The molecule has 8 aliphatic rings. The van der Waals surface area contributed by atoms with Crippen LogP contribution in [0.3, 0.4) is 0 Å². The van der Waals surface area contributed by atoms with E-state index in [4.69, 9.17) is 14.2 Å². The zero-order valence-corrected chi connectivity index (χ0v) is 72.3. The van der Waals surface area contributed by atoms with Gasteiger partial charge in [-0.2, -0.15) is 13.2 Å². The molecule has 0 heterocycles. The molecular weight excluding hydrogens is 1410 g/mol. The van der Waals surface area contributed by atoms with E-state index < -0.39 is 34.9 Å². The fourth-order valence-corrected chi connectivity index (χ4v) is 22.3. The summed E-state index contributed by atoms with van der Waals surface area (Å²) in [7, 11) is 0. The van der Waals surface area contributed by atoms with Crippen LogP contribution in [-0.4, -0.2) is 19.8 Å². The first kappa shape index (κ1) is 91.7. The van der Waals surface area contributed by atoms with Crippen LogP contribution in [0.2, 0.25) is 0 Å². The molecule has 0 bridgehead atoms. The van der Waals surface area contributed by atoms with Crippen molar-refractivity contribution in [2.45, 2.75) is 369 Å². The van der Waals surface area contributed by atoms with Gasteiger partial charge in [-0.25, -0.2) is 13.2 Å². The molecule has 5 aromatic rings. The Labute approximate surface area is 684 Å². The van der Waals surface area contributed by atoms with Crippen LogP contribution in [0.5, 0.6) is 17.2 Å². The highest BCUT2D eigenvalue weighted by molar-refractivity contribution is 5.66. The Morgan fingerprint density at radius 1 is 0.301 bits per heavy atom. The molecule has 8 saturated carbocycles. The SMILES string of the molecule is C=CC1CCC(C2CCC(CCC)CC2)CC1.CCCC1CCC(C2CCC(c3ccc(C)cc3)CC2)CC1.CCCC1CCC(C2CCC(c3ccc(OCC)c(F)c3F)CC2)CC1.CCCC1CCC(c2ccc(OCC)c(F)c2F)CC1.CCCCOc1ccc(-c2ccc(C3CCC(CCC)CC3)cc2)c(F)c1F. The maximum absolute atomic E-state index is 14.6. The molecule has 630 valence electrons. The lowest BCUT2D eigenvalue weighted by molar-refractivity contribution is 0.152. The molecule has 3 nitrogen and oxygen atoms in total. The largest absolute Gasteiger partial charge is 0.491 e. The highest BCUT2D eigenvalue weighted by atomic mass is 19.2. The van der Waals surface area contributed by atoms with Crippen LogP contribution in [0.25, 0.3) is 11.1 Å². The summed E-state index contributed by atoms with van der Waals surface area (Å²) in [5.74, 6) is 8.50. The molecular formula is C104H154F6O3. The smallest absolute Gasteiger partial charge is 0.201 e. The summed E-state index contributed by atoms with van der Waals surface area (Å²) in [5, 5.41) is 0. The maximum atomic E-state index is 14.6. The molecule has 0 N–H and O–H groups in total. The third-order valence-corrected chi connectivity index (χ3v) is 29.2. The van der Waals surface area contributed by atoms with Gasteiger partial charge in [-0.15, -0.1) is 6.58 Å². The van der Waals surface area contributed by atoms with Crippen LogP contribution < -0.4 is 14.2 Å². The van der Waals surface area contributed by atoms with Crippen molar-refractivity contribution in [1.82, 2.24) is 0 Å². The van der Waals surface area contributed by atoms with Crippen molar-refractivity contribution in [2.75, 3.05) is 19.8 Å². The molecule has 9 heteroatoms. The number of ether oxygens (including phenoxy) is 3. The van der Waals surface area contributed by atoms with Crippen LogP contribution >= 0.6 is 0 Å². The molecule has 0 amide bonds. The molecule has 113 heavy (non-hydrogen) atoms. The predicted molar refractivity (Wildman–Crippen MR) is 464 cm³/mol. The lowest BCUT2D eigenvalue weighted by Gasteiger charge is -2.38. The average Bonchev–Trinajstić information content (AvgIpc) is 0.814. The third kappa shape index (κ3) is 27.7. The zero-order valence-electron chi connectivity index (χ0n) is 72.3. The summed E-state index contributed by atoms with van der Waals surface area (Å²) < 4.78 is 101. The Hall–Kier alpha value is -5.18. The fraction of sp³-hybridized carbons (Fsp3) is 0.692. The van der Waals surface area contributed by atoms with Gasteiger partial charge in [0.1, 0.15) is 0 Å². The standard InChI is InChI=1S/C25H32F2O.C23H34F2O.C22H34.C17H24F2O.C17H30/c1-3-5-17-28-23-16-15-22(24(26)25(23)27)21-13-11-20(12-14-21)19-9-7-18(6-4-2)8-10-19;1-3-5-16-6-8-17(9-7-16)18-10-12-19(13-11-18)20-14-15-21(26-4-2)23(25)22(20)24;1-3-4-18-7-11-20(12-8-18)22-15-13-21(14-16-22)19-9-5-17(2)6-10-19;1-3-5-12-6-8-13(9-7-12)14-10-11-15(20-4-2)17(19)16(14)18;1-3-5-15-8-12-17(13-9-15)16-10-6-14(4-2)7-11-16/h11-16,18-19H,3-10,17H2,1-2H3;14-19H,3-13H2,1-2H3;5-6,9-10,18,20-22H,3-4,7-8,11-16H2,1-2H3;10-13H,3-9H2,1-2H3;4,14-17H,2-3,5-13H2,1H3. The Bertz CT molecular complexity index is 3430. The molecule has 8 fully saturated rings. The first-order chi connectivity index (χ1) is 55.0. The van der Waals surface area contributed by atoms with E-state index in [9.17, 15) is 26.3 Å². The van der Waals surface area contributed by atoms with Crippen LogP contribution in [0.1, 0.15) is 389 Å². The van der Waals surface area contributed by atoms with Crippen molar-refractivity contribution >= 4 is 0 Å². The number of rotatable bonds is 27. The summed E-state index contributed by atoms with van der Waals surface area (Å²) in [5.41, 5.74) is 6.38. The van der Waals surface area contributed by atoms with E-state index in [1.54, 1.807) is 49.7 Å². The Morgan fingerprint density at radius 2 is 0.593 bits per heavy atom. The number of halogens is 6. The highest BCUT2D eigenvalue weighted by Gasteiger charge is 2.36. The Morgan fingerprint density at radius 3 is 0.938 bits per heavy atom. The quantitative estimate of drug-likeness (QED) is 0.0298. The monoisotopic (exact) mass is 1570 g/mol. The molecule has 0 aromatic heterocycles. The maximum Gasteiger partial charge on any atom is 0.201 e. The Kier molecular flexibility index (Phi) is 40.0. The number of unbranched alkanes of at least 4 members (excludes halogenated alkanes) is 1. The molecule has 0 saturated heterocycles. The van der Waals surface area contributed by atoms with Gasteiger partial charge in [-0.05, 0) is 341 Å². The average molecular weight is 1570 g/mol. The number of hydrogen-bond donors (Lipinski definition) is 0. The van der Waals surface area contributed by atoms with Crippen molar-refractivity contribution in [1.29, 1.82) is 0 Å². The second-order valence-electron chi connectivity index (χ2n) is 36.8. The fourth-order valence-electron chi connectivity index (χ4n) is 22.3. The first-order valence-corrected chi connectivity index (χ1v) is 47.1. The van der Waals surface area contributed by atoms with E-state index in [1.807, 2.05) is 19.1 Å². The second-order valence-corrected chi connectivity index (χ2v) is 36.8. The second kappa shape index (κ2) is 49.3. The summed E-state index contributed by atoms with van der Waals surface area (Å²) >= 11 is 0. The molecule has 5 aromatic carbocycles. The van der Waals surface area contributed by atoms with E-state index in [0.29, 0.717) is 48.0 Å². The van der Waals surface area contributed by atoms with Gasteiger partial charge in [0, 0.05) is 5.56 Å². The van der Waals surface area contributed by atoms with Crippen molar-refractivity contribution in [2.24, 2.45) is 71.0 Å². The molecule has 0 aliphatic heterocycles. The van der Waals surface area contributed by atoms with Crippen molar-refractivity contribution in [3.63, 3.8) is 0 Å². The van der Waals surface area contributed by atoms with Crippen LogP contribution in [0.4, 0.5) is 26.3 Å². The van der Waals surface area contributed by atoms with Gasteiger partial charge in [-0.1, -0.05) is 223 Å². The minimum Gasteiger partial charge on any atom is -0.491 e. The number of benzene rings is 5. The van der Waals surface area contributed by atoms with Gasteiger partial charge in [0.15, 0.2) is 34.7 Å². The third-order valence-electron chi connectivity index (χ3n) is 29.2. The number of allylic oxidation sites excluding steroid dienone is 1. The molecule has 8 aliphatic carbocycles. The van der Waals surface area contributed by atoms with Crippen LogP contribution in [-0.2, 0) is 0 Å². The highest BCUT2D eigenvalue weighted by Crippen LogP contribution is 2.49. The topological polar surface area (TPSA) is 27.7 Å². The summed E-state index contributed by atoms with van der Waals surface area (Å²) in [6.07, 6.45) is 60.5. The van der Waals surface area contributed by atoms with E-state index >= 15 is 0 Å². The summed E-state index contributed by atoms with van der Waals surface area (Å²) in [4.78, 5) is 0. The normalized spacial score (nSPS) is 27.9. The van der Waals surface area contributed by atoms with Crippen molar-refractivity contribution in [3.05, 3.63) is 160 Å². The molecule has 0 atom stereocenters. The van der Waals surface area contributed by atoms with E-state index in [0.717, 1.165) is 128 Å². The lowest BCUT2D eigenvalue weighted by atomic mass is 9.68. The van der Waals surface area contributed by atoms with Gasteiger partial charge in [0.2, 0.25) is 17.5 Å². The molecule has 0 spiro atoms. The van der Waals surface area contributed by atoms with Crippen LogP contribution in [0.15, 0.2) is 97.6 Å². The van der Waals surface area contributed by atoms with E-state index in [1.165, 1.54) is 248 Å². The van der Waals surface area contributed by atoms with E-state index in [-0.39, 0.29) is 29.1 Å². The Balaban J connectivity index is 0.000000164. The van der Waals surface area contributed by atoms with E-state index in [2.05, 4.69) is 90.6 Å². The first-order valence-electron chi connectivity index (χ1n) is 47.1. The molecule has 13 rings (SSSR count). The van der Waals surface area contributed by atoms with Gasteiger partial charge < -0.3 is 14.2 Å². The van der Waals surface area contributed by atoms with Crippen molar-refractivity contribution < 1.29 is 40.6 Å². The minimum atomic E-state index is -0.896. The predicted octanol–water partition coefficient (Wildman–Crippen LogP) is 33.0. The summed E-state index contributed by atoms with van der Waals surface area (Å²) in [6.45, 7) is 24.2. The van der Waals surface area contributed by atoms with Gasteiger partial charge in [0.25, 0.3) is 0 Å². The van der Waals surface area contributed by atoms with Crippen molar-refractivity contribution in [3.8, 4) is 28.4 Å².